The molecule has 0 amide bonds. The van der Waals surface area contributed by atoms with Gasteiger partial charge in [-0.15, -0.1) is 0 Å². The van der Waals surface area contributed by atoms with E-state index in [1.165, 1.54) is 19.3 Å². The summed E-state index contributed by atoms with van der Waals surface area (Å²) in [4.78, 5) is 0. The Bertz CT molecular complexity index is 122. The van der Waals surface area contributed by atoms with Crippen LogP contribution in [0, 0.1) is 70.3 Å². The van der Waals surface area contributed by atoms with Crippen LogP contribution in [0.2, 0.25) is 0 Å². The molecule has 0 saturated heterocycles. The molecule has 2 aliphatic carbocycles. The molecule has 2 fully saturated rings. The summed E-state index contributed by atoms with van der Waals surface area (Å²) >= 11 is 0. The topological polar surface area (TPSA) is 0 Å². The van der Waals surface area contributed by atoms with Crippen molar-refractivity contribution in [2.24, 2.45) is 0 Å². The van der Waals surface area contributed by atoms with Crippen molar-refractivity contribution >= 4 is 0 Å². The fourth-order valence-corrected chi connectivity index (χ4v) is 1.13. The van der Waals surface area contributed by atoms with Gasteiger partial charge in [0, 0.05) is 21.7 Å². The van der Waals surface area contributed by atoms with Crippen LogP contribution in [0.4, 0.5) is 0 Å². The Balaban J connectivity index is 0. The Morgan fingerprint density at radius 3 is 1.32 bits per heavy atom. The van der Waals surface area contributed by atoms with Crippen LogP contribution in [-0.2, 0) is 21.7 Å². The number of allylic oxidation sites excluding steroid dienone is 2. The molecule has 102 valence electrons. The maximum absolute atomic E-state index is 3.21. The maximum Gasteiger partial charge on any atom is 0 e. The molecule has 0 spiro atoms. The van der Waals surface area contributed by atoms with E-state index in [-0.39, 0.29) is 21.7 Å². The molecular weight excluding hydrogens is 264 g/mol. The van der Waals surface area contributed by atoms with Crippen LogP contribution in [-0.4, -0.2) is 0 Å². The average Bonchev–Trinajstić information content (AvgIpc) is 3.12. The van der Waals surface area contributed by atoms with Gasteiger partial charge in [0.15, 0.2) is 0 Å². The van der Waals surface area contributed by atoms with E-state index in [1.807, 2.05) is 64.2 Å². The molecule has 2 aliphatic rings. The van der Waals surface area contributed by atoms with Gasteiger partial charge in [-0.2, -0.15) is 6.42 Å². The molecule has 19 heavy (non-hydrogen) atoms. The van der Waals surface area contributed by atoms with Crippen molar-refractivity contribution < 1.29 is 21.7 Å². The Morgan fingerprint density at radius 1 is 0.684 bits per heavy atom. The quantitative estimate of drug-likeness (QED) is 0.505. The van der Waals surface area contributed by atoms with Crippen molar-refractivity contribution in [1.82, 2.24) is 0 Å². The molecule has 0 heterocycles. The van der Waals surface area contributed by atoms with Gasteiger partial charge in [0.1, 0.15) is 0 Å². The van der Waals surface area contributed by atoms with Gasteiger partial charge in [0.05, 0.1) is 0 Å². The third kappa shape index (κ3) is 20.9. The number of unbranched alkanes of at least 4 members (excludes halogenated alkanes) is 2. The predicted octanol–water partition coefficient (Wildman–Crippen LogP) is 4.99. The summed E-state index contributed by atoms with van der Waals surface area (Å²) in [5, 5.41) is 0. The second-order valence-electron chi connectivity index (χ2n) is 3.87. The zero-order valence-electron chi connectivity index (χ0n) is 12.2. The molecular formula is C18H25Ti-. The normalized spacial score (nSPS) is 17.2. The van der Waals surface area contributed by atoms with E-state index >= 15 is 0 Å². The van der Waals surface area contributed by atoms with E-state index in [0.29, 0.717) is 0 Å². The first-order valence-corrected chi connectivity index (χ1v) is 6.80. The summed E-state index contributed by atoms with van der Waals surface area (Å²) in [6, 6.07) is 0. The van der Waals surface area contributed by atoms with Gasteiger partial charge in [-0.1, -0.05) is 33.1 Å². The van der Waals surface area contributed by atoms with Crippen LogP contribution >= 0.6 is 0 Å². The monoisotopic (exact) mass is 289 g/mol. The first-order valence-electron chi connectivity index (χ1n) is 6.80. The van der Waals surface area contributed by atoms with Crippen molar-refractivity contribution in [3.05, 3.63) is 76.4 Å². The van der Waals surface area contributed by atoms with Crippen molar-refractivity contribution in [2.75, 3.05) is 0 Å². The molecule has 0 aromatic heterocycles. The van der Waals surface area contributed by atoms with Crippen molar-refractivity contribution in [3.63, 3.8) is 0 Å². The van der Waals surface area contributed by atoms with Gasteiger partial charge < -0.3 is 6.08 Å². The van der Waals surface area contributed by atoms with Crippen LogP contribution in [0.3, 0.4) is 0 Å². The van der Waals surface area contributed by atoms with E-state index in [4.69, 9.17) is 0 Å². The molecule has 0 unspecified atom stereocenters. The summed E-state index contributed by atoms with van der Waals surface area (Å²) < 4.78 is 0. The summed E-state index contributed by atoms with van der Waals surface area (Å²) in [6.45, 7) is 4.36. The molecule has 0 atom stereocenters. The fourth-order valence-electron chi connectivity index (χ4n) is 1.13. The summed E-state index contributed by atoms with van der Waals surface area (Å²) in [5.74, 6) is 0. The first kappa shape index (κ1) is 21.7. The fraction of sp³-hybridized carbons (Fsp3) is 0.333. The second-order valence-corrected chi connectivity index (χ2v) is 3.87. The molecule has 0 nitrogen and oxygen atoms in total. The standard InChI is InChI=1S/C8H15.2C5H5.Ti/c1-3-5-7-8-6-4-2;2*1-2-4-5-3-1;/h7H,3-6H2,1-2H3;2*1-5H;/q-1;;;. The largest absolute Gasteiger partial charge is 0.501 e. The number of rotatable bonds is 4. The summed E-state index contributed by atoms with van der Waals surface area (Å²) in [5.41, 5.74) is 0. The molecule has 2 saturated carbocycles. The maximum atomic E-state index is 3.21. The van der Waals surface area contributed by atoms with Crippen LogP contribution in [0.25, 0.3) is 0 Å². The SMILES string of the molecule is CCC[C-]=CCCC.[CH]1[CH][CH][CH][CH]1.[CH]1[CH][CH][CH][CH]1.[Ti]. The Morgan fingerprint density at radius 2 is 1.05 bits per heavy atom. The van der Waals surface area contributed by atoms with E-state index < -0.39 is 0 Å². The molecule has 10 radical (unpaired) electrons. The Hall–Kier alpha value is 0.454. The molecule has 0 aromatic rings. The van der Waals surface area contributed by atoms with Crippen LogP contribution in [0.15, 0.2) is 6.08 Å². The van der Waals surface area contributed by atoms with Gasteiger partial charge in [-0.25, -0.2) is 0 Å². The predicted molar refractivity (Wildman–Crippen MR) is 80.6 cm³/mol. The number of hydrogen-bond donors (Lipinski definition) is 0. The van der Waals surface area contributed by atoms with E-state index in [0.717, 1.165) is 6.42 Å². The minimum absolute atomic E-state index is 0. The summed E-state index contributed by atoms with van der Waals surface area (Å²) in [7, 11) is 0. The minimum Gasteiger partial charge on any atom is -0.501 e. The Labute approximate surface area is 137 Å². The third-order valence-electron chi connectivity index (χ3n) is 2.08. The smallest absolute Gasteiger partial charge is 0 e. The molecule has 0 bridgehead atoms. The molecule has 0 aromatic carbocycles. The second kappa shape index (κ2) is 20.8. The van der Waals surface area contributed by atoms with Crippen molar-refractivity contribution in [2.45, 2.75) is 39.5 Å². The van der Waals surface area contributed by atoms with Gasteiger partial charge in [-0.05, 0) is 64.2 Å². The third-order valence-corrected chi connectivity index (χ3v) is 2.08. The van der Waals surface area contributed by atoms with Gasteiger partial charge >= 0.3 is 0 Å². The van der Waals surface area contributed by atoms with Gasteiger partial charge in [0.2, 0.25) is 0 Å². The Kier molecular flexibility index (Phi) is 23.8. The summed E-state index contributed by atoms with van der Waals surface area (Å²) in [6.07, 6.45) is 30.1. The van der Waals surface area contributed by atoms with E-state index in [2.05, 4.69) is 26.0 Å². The molecule has 0 N–H and O–H groups in total. The molecule has 1 heteroatoms. The number of hydrogen-bond acceptors (Lipinski definition) is 0. The van der Waals surface area contributed by atoms with E-state index in [9.17, 15) is 0 Å². The zero-order valence-corrected chi connectivity index (χ0v) is 13.7. The van der Waals surface area contributed by atoms with Crippen LogP contribution in [0.1, 0.15) is 39.5 Å². The van der Waals surface area contributed by atoms with E-state index in [1.54, 1.807) is 0 Å². The van der Waals surface area contributed by atoms with Crippen LogP contribution in [0.5, 0.6) is 0 Å². The van der Waals surface area contributed by atoms with Crippen molar-refractivity contribution in [1.29, 1.82) is 0 Å². The molecule has 2 rings (SSSR count). The first-order chi connectivity index (χ1) is 8.91. The minimum atomic E-state index is 0. The van der Waals surface area contributed by atoms with Crippen LogP contribution < -0.4 is 0 Å². The average molecular weight is 289 g/mol. The van der Waals surface area contributed by atoms with Gasteiger partial charge in [0.25, 0.3) is 0 Å². The molecule has 0 aliphatic heterocycles. The van der Waals surface area contributed by atoms with Gasteiger partial charge in [-0.3, -0.25) is 6.08 Å². The van der Waals surface area contributed by atoms with Crippen molar-refractivity contribution in [3.8, 4) is 0 Å². The zero-order chi connectivity index (χ0) is 13.3.